The molecule has 2 aromatic carbocycles. The lowest BCUT2D eigenvalue weighted by molar-refractivity contribution is -0.123. The SMILES string of the molecule is CO[C@H]1/C=C/C[C@H](C)C[S@@](=O)(NC(=O)[C@H]2CCc3cnn(C)c3C2)=NC(=O)c2ccc3c(c2)N(C[C@@H]2CC[C@H]21)C[C@@]1(CCCc2cc(C)ccc21)CO3. The van der Waals surface area contributed by atoms with E-state index in [2.05, 4.69) is 56.4 Å². The van der Waals surface area contributed by atoms with Crippen LogP contribution in [0.4, 0.5) is 5.69 Å². The molecule has 53 heavy (non-hydrogen) atoms. The van der Waals surface area contributed by atoms with Gasteiger partial charge in [-0.25, -0.2) is 4.21 Å². The van der Waals surface area contributed by atoms with Crippen molar-refractivity contribution >= 4 is 27.4 Å². The van der Waals surface area contributed by atoms with E-state index in [4.69, 9.17) is 9.47 Å². The number of nitrogens with zero attached hydrogens (tertiary/aromatic N) is 4. The molecule has 10 nitrogen and oxygen atoms in total. The molecule has 2 amide bonds. The van der Waals surface area contributed by atoms with Crippen LogP contribution in [0.15, 0.2) is 59.1 Å². The molecule has 1 N–H and O–H groups in total. The van der Waals surface area contributed by atoms with Gasteiger partial charge in [0, 0.05) is 56.3 Å². The van der Waals surface area contributed by atoms with Gasteiger partial charge in [-0.05, 0) is 111 Å². The summed E-state index contributed by atoms with van der Waals surface area (Å²) in [5.41, 5.74) is 7.21. The van der Waals surface area contributed by atoms with E-state index >= 15 is 0 Å². The number of hydrogen-bond donors (Lipinski definition) is 1. The zero-order chi connectivity index (χ0) is 36.9. The van der Waals surface area contributed by atoms with Crippen molar-refractivity contribution in [3.05, 3.63) is 88.3 Å². The molecule has 1 fully saturated rings. The maximum Gasteiger partial charge on any atom is 0.286 e. The standard InChI is InChI=1S/C42H53N5O5S/c1-27-10-16-35-29(19-27)8-6-18-42(35)25-47-23-33-13-15-34(33)38(51-4)9-5-7-28(2)24-53(50,45-41(49)31-14-17-39(52-26-42)37(47)21-31)44-40(48)30-11-12-32-22-43-46(3)36(32)20-30/h5,9-10,14,16-17,19,21-22,28,30,33-34,38H,6-8,11-13,15,18,20,23-26H2,1-4H3,(H,44,45,48,49,50)/b9-5+/t28-,30-,33-,34+,38-,42-,53+/m0/s1. The second kappa shape index (κ2) is 14.4. The van der Waals surface area contributed by atoms with Gasteiger partial charge in [0.15, 0.2) is 0 Å². The Kier molecular flexibility index (Phi) is 9.76. The lowest BCUT2D eigenvalue weighted by Crippen LogP contribution is -2.49. The summed E-state index contributed by atoms with van der Waals surface area (Å²) in [5.74, 6) is 0.167. The number of amides is 2. The summed E-state index contributed by atoms with van der Waals surface area (Å²) in [6.07, 6.45) is 14.0. The topological polar surface area (TPSA) is 115 Å². The quantitative estimate of drug-likeness (QED) is 0.315. The Balaban J connectivity index is 1.17. The number of benzene rings is 2. The van der Waals surface area contributed by atoms with Crippen LogP contribution in [-0.2, 0) is 51.2 Å². The number of anilines is 1. The zero-order valence-corrected chi connectivity index (χ0v) is 32.3. The highest BCUT2D eigenvalue weighted by Crippen LogP contribution is 2.47. The number of methoxy groups -OCH3 is 1. The maximum atomic E-state index is 14.8. The highest BCUT2D eigenvalue weighted by molar-refractivity contribution is 7.92. The number of aryl methyl sites for hydroxylation is 4. The van der Waals surface area contributed by atoms with E-state index < -0.39 is 15.8 Å². The number of ether oxygens (including phenoxy) is 2. The minimum Gasteiger partial charge on any atom is -0.490 e. The second-order valence-electron chi connectivity index (χ2n) is 16.5. The van der Waals surface area contributed by atoms with Gasteiger partial charge in [0.25, 0.3) is 5.91 Å². The fraction of sp³-hybridized carbons (Fsp3) is 0.548. The van der Waals surface area contributed by atoms with E-state index in [1.807, 2.05) is 37.0 Å². The van der Waals surface area contributed by atoms with E-state index in [-0.39, 0.29) is 35.0 Å². The molecule has 8 rings (SSSR count). The van der Waals surface area contributed by atoms with Gasteiger partial charge in [0.05, 0.1) is 30.3 Å². The summed E-state index contributed by atoms with van der Waals surface area (Å²) >= 11 is 0. The average molecular weight is 740 g/mol. The average Bonchev–Trinajstić information content (AvgIpc) is 3.42. The van der Waals surface area contributed by atoms with Gasteiger partial charge in [-0.15, -0.1) is 4.36 Å². The maximum absolute atomic E-state index is 14.8. The first-order valence-electron chi connectivity index (χ1n) is 19.4. The number of hydrogen-bond acceptors (Lipinski definition) is 7. The van der Waals surface area contributed by atoms with Crippen LogP contribution in [0.5, 0.6) is 5.75 Å². The molecule has 0 unspecified atom stereocenters. The van der Waals surface area contributed by atoms with Gasteiger partial charge >= 0.3 is 0 Å². The Hall–Kier alpha value is -3.96. The molecule has 3 aromatic rings. The van der Waals surface area contributed by atoms with Crippen LogP contribution in [-0.4, -0.2) is 64.5 Å². The largest absolute Gasteiger partial charge is 0.490 e. The number of carbonyl (C=O) groups is 2. The minimum atomic E-state index is -3.47. The molecular weight excluding hydrogens is 687 g/mol. The molecule has 282 valence electrons. The minimum absolute atomic E-state index is 0.0336. The van der Waals surface area contributed by atoms with Crippen molar-refractivity contribution in [1.82, 2.24) is 14.5 Å². The van der Waals surface area contributed by atoms with Crippen molar-refractivity contribution in [3.63, 3.8) is 0 Å². The smallest absolute Gasteiger partial charge is 0.286 e. The predicted octanol–water partition coefficient (Wildman–Crippen LogP) is 6.28. The Morgan fingerprint density at radius 2 is 1.98 bits per heavy atom. The Morgan fingerprint density at radius 3 is 2.79 bits per heavy atom. The van der Waals surface area contributed by atoms with Crippen molar-refractivity contribution in [2.24, 2.45) is 35.1 Å². The van der Waals surface area contributed by atoms with Crippen LogP contribution in [0, 0.1) is 30.6 Å². The summed E-state index contributed by atoms with van der Waals surface area (Å²) in [6.45, 7) is 6.29. The molecule has 7 atom stereocenters. The molecule has 1 aromatic heterocycles. The number of allylic oxidation sites excluding steroid dienone is 1. The number of carbonyl (C=O) groups excluding carboxylic acids is 2. The van der Waals surface area contributed by atoms with Crippen LogP contribution < -0.4 is 14.4 Å². The van der Waals surface area contributed by atoms with Gasteiger partial charge < -0.3 is 14.4 Å². The summed E-state index contributed by atoms with van der Waals surface area (Å²) in [7, 11) is 0.196. The molecule has 0 radical (unpaired) electrons. The van der Waals surface area contributed by atoms with Gasteiger partial charge in [-0.3, -0.25) is 19.0 Å². The Labute approximate surface area is 314 Å². The van der Waals surface area contributed by atoms with Crippen molar-refractivity contribution in [3.8, 4) is 5.75 Å². The molecule has 3 aliphatic carbocycles. The van der Waals surface area contributed by atoms with Crippen molar-refractivity contribution in [2.75, 3.05) is 37.5 Å². The van der Waals surface area contributed by atoms with Crippen molar-refractivity contribution < 1.29 is 23.3 Å². The Bertz CT molecular complexity index is 2070. The highest BCUT2D eigenvalue weighted by Gasteiger charge is 2.44. The third-order valence-corrected chi connectivity index (χ3v) is 14.7. The second-order valence-corrected chi connectivity index (χ2v) is 18.5. The molecular formula is C42H53N5O5S. The molecule has 11 heteroatoms. The lowest BCUT2D eigenvalue weighted by Gasteiger charge is -2.46. The summed E-state index contributed by atoms with van der Waals surface area (Å²) < 4.78 is 36.6. The first-order chi connectivity index (χ1) is 25.5. The number of nitrogens with one attached hydrogen (secondary N) is 1. The molecule has 5 aliphatic rings. The number of fused-ring (bicyclic) bond motifs is 5. The normalized spacial score (nSPS) is 31.8. The van der Waals surface area contributed by atoms with Gasteiger partial charge in [-0.1, -0.05) is 42.8 Å². The molecule has 1 spiro atoms. The highest BCUT2D eigenvalue weighted by atomic mass is 32.2. The third-order valence-electron chi connectivity index (χ3n) is 12.7. The zero-order valence-electron chi connectivity index (χ0n) is 31.5. The van der Waals surface area contributed by atoms with E-state index in [0.29, 0.717) is 43.3 Å². The summed E-state index contributed by atoms with van der Waals surface area (Å²) in [4.78, 5) is 30.4. The summed E-state index contributed by atoms with van der Waals surface area (Å²) in [6, 6.07) is 12.3. The first kappa shape index (κ1) is 36.0. The third kappa shape index (κ3) is 7.07. The number of rotatable bonds is 3. The molecule has 3 heterocycles. The first-order valence-corrected chi connectivity index (χ1v) is 21.1. The van der Waals surface area contributed by atoms with Crippen LogP contribution in [0.25, 0.3) is 0 Å². The van der Waals surface area contributed by atoms with Gasteiger partial charge in [-0.2, -0.15) is 5.10 Å². The van der Waals surface area contributed by atoms with Crippen molar-refractivity contribution in [2.45, 2.75) is 83.2 Å². The van der Waals surface area contributed by atoms with Gasteiger partial charge in [0.2, 0.25) is 5.91 Å². The van der Waals surface area contributed by atoms with E-state index in [9.17, 15) is 13.8 Å². The fourth-order valence-electron chi connectivity index (χ4n) is 9.64. The number of aromatic nitrogens is 2. The van der Waals surface area contributed by atoms with Gasteiger partial charge in [0.1, 0.15) is 15.7 Å². The molecule has 2 aliphatic heterocycles. The van der Waals surface area contributed by atoms with Crippen LogP contribution in [0.3, 0.4) is 0 Å². The molecule has 0 saturated heterocycles. The summed E-state index contributed by atoms with van der Waals surface area (Å²) in [5, 5.41) is 4.37. The van der Waals surface area contributed by atoms with Crippen molar-refractivity contribution in [1.29, 1.82) is 0 Å². The lowest BCUT2D eigenvalue weighted by atomic mass is 9.68. The Morgan fingerprint density at radius 1 is 1.11 bits per heavy atom. The molecule has 1 saturated carbocycles. The van der Waals surface area contributed by atoms with Crippen LogP contribution >= 0.6 is 0 Å². The monoisotopic (exact) mass is 739 g/mol. The fourth-order valence-corrected chi connectivity index (χ4v) is 11.6. The van der Waals surface area contributed by atoms with E-state index in [0.717, 1.165) is 74.3 Å². The van der Waals surface area contributed by atoms with Crippen LogP contribution in [0.1, 0.15) is 83.8 Å². The molecule has 2 bridgehead atoms. The van der Waals surface area contributed by atoms with Crippen LogP contribution in [0.2, 0.25) is 0 Å². The predicted molar refractivity (Wildman–Crippen MR) is 207 cm³/mol. The van der Waals surface area contributed by atoms with E-state index in [1.165, 1.54) is 16.7 Å². The van der Waals surface area contributed by atoms with E-state index in [1.54, 1.807) is 13.2 Å².